The summed E-state index contributed by atoms with van der Waals surface area (Å²) in [5.41, 5.74) is 4.67. The Kier molecular flexibility index (Phi) is 10.8. The van der Waals surface area contributed by atoms with Crippen molar-refractivity contribution in [3.8, 4) is 0 Å². The zero-order valence-electron chi connectivity index (χ0n) is 22.7. The van der Waals surface area contributed by atoms with Crippen molar-refractivity contribution >= 4 is 11.7 Å². The van der Waals surface area contributed by atoms with Gasteiger partial charge in [0.15, 0.2) is 0 Å². The fraction of sp³-hybridized carbons (Fsp3) is 0.548. The summed E-state index contributed by atoms with van der Waals surface area (Å²) in [6, 6.07) is 10.9. The van der Waals surface area contributed by atoms with Crippen molar-refractivity contribution in [3.05, 3.63) is 69.8 Å². The number of hydrogen-bond acceptors (Lipinski definition) is 3. The van der Waals surface area contributed by atoms with E-state index in [1.165, 1.54) is 17.2 Å². The molecule has 2 fully saturated rings. The van der Waals surface area contributed by atoms with Crippen LogP contribution in [0, 0.1) is 5.92 Å². The summed E-state index contributed by atoms with van der Waals surface area (Å²) >= 11 is 0. The normalized spacial score (nSPS) is 16.8. The summed E-state index contributed by atoms with van der Waals surface area (Å²) in [5, 5.41) is 12.4. The molecule has 2 aromatic rings. The van der Waals surface area contributed by atoms with E-state index in [4.69, 9.17) is 9.94 Å². The van der Waals surface area contributed by atoms with E-state index in [0.29, 0.717) is 16.8 Å². The Morgan fingerprint density at radius 1 is 0.947 bits per heavy atom. The molecule has 2 aliphatic carbocycles. The summed E-state index contributed by atoms with van der Waals surface area (Å²) in [7, 11) is 0. The van der Waals surface area contributed by atoms with Gasteiger partial charge in [0, 0.05) is 0 Å². The van der Waals surface area contributed by atoms with Gasteiger partial charge in [-0.05, 0) is 91.3 Å². The molecule has 2 saturated carbocycles. The SMILES string of the molecule is CCc1ccc(/C(C)=N/OCc2ccc(C3CCCCC3)c(C(F)(F)F)c2)cc1CC.O=C(O)C1CCC1. The van der Waals surface area contributed by atoms with E-state index >= 15 is 0 Å². The lowest BCUT2D eigenvalue weighted by atomic mass is 9.81. The zero-order chi connectivity index (χ0) is 27.7. The molecule has 0 amide bonds. The molecule has 0 heterocycles. The maximum atomic E-state index is 13.7. The maximum Gasteiger partial charge on any atom is 0.416 e. The average Bonchev–Trinajstić information content (AvgIpc) is 2.87. The van der Waals surface area contributed by atoms with E-state index in [1.807, 2.05) is 13.0 Å². The Hall–Kier alpha value is -2.83. The maximum absolute atomic E-state index is 13.7. The standard InChI is InChI=1S/C26H32F3NO.C5H8O2/c1-4-20-12-13-23(16-21(20)5-2)18(3)30-31-17-19-11-14-24(22-9-7-6-8-10-22)25(15-19)26(27,28)29;6-5(7)4-2-1-3-4/h11-16,22H,4-10,17H2,1-3H3;4H,1-3H2,(H,6,7)/b30-18+;. The summed E-state index contributed by atoms with van der Waals surface area (Å²) in [6.07, 6.45) is 5.24. The molecule has 4 nitrogen and oxygen atoms in total. The minimum absolute atomic E-state index is 0.000000000000000444. The number of alkyl halides is 3. The molecule has 0 unspecified atom stereocenters. The number of carboxylic acid groups (broad SMARTS) is 1. The number of benzene rings is 2. The average molecular weight is 532 g/mol. The molecule has 0 aliphatic heterocycles. The van der Waals surface area contributed by atoms with E-state index in [2.05, 4.69) is 31.1 Å². The molecule has 208 valence electrons. The summed E-state index contributed by atoms with van der Waals surface area (Å²) in [6.45, 7) is 6.12. The van der Waals surface area contributed by atoms with Gasteiger partial charge in [0.25, 0.3) is 0 Å². The Morgan fingerprint density at radius 2 is 1.63 bits per heavy atom. The molecular formula is C31H40F3NO3. The van der Waals surface area contributed by atoms with Crippen LogP contribution in [0.25, 0.3) is 0 Å². The molecule has 2 aromatic carbocycles. The van der Waals surface area contributed by atoms with Crippen LogP contribution in [0.5, 0.6) is 0 Å². The van der Waals surface area contributed by atoms with Gasteiger partial charge in [0.2, 0.25) is 0 Å². The van der Waals surface area contributed by atoms with E-state index < -0.39 is 17.7 Å². The quantitative estimate of drug-likeness (QED) is 0.274. The third-order valence-electron chi connectivity index (χ3n) is 7.74. The first-order valence-corrected chi connectivity index (χ1v) is 13.9. The summed E-state index contributed by atoms with van der Waals surface area (Å²) < 4.78 is 41.2. The Balaban J connectivity index is 0.000000494. The van der Waals surface area contributed by atoms with Crippen LogP contribution in [0.1, 0.15) is 111 Å². The lowest BCUT2D eigenvalue weighted by Crippen LogP contribution is -2.20. The fourth-order valence-corrected chi connectivity index (χ4v) is 5.14. The predicted molar refractivity (Wildman–Crippen MR) is 144 cm³/mol. The Morgan fingerprint density at radius 3 is 2.16 bits per heavy atom. The number of carboxylic acids is 1. The minimum Gasteiger partial charge on any atom is -0.481 e. The van der Waals surface area contributed by atoms with Gasteiger partial charge in [-0.25, -0.2) is 0 Å². The van der Waals surface area contributed by atoms with Crippen LogP contribution in [0.4, 0.5) is 13.2 Å². The van der Waals surface area contributed by atoms with E-state index in [-0.39, 0.29) is 18.4 Å². The molecular weight excluding hydrogens is 491 g/mol. The van der Waals surface area contributed by atoms with Crippen LogP contribution >= 0.6 is 0 Å². The van der Waals surface area contributed by atoms with Gasteiger partial charge in [0.1, 0.15) is 6.61 Å². The first-order chi connectivity index (χ1) is 18.1. The molecule has 0 atom stereocenters. The lowest BCUT2D eigenvalue weighted by molar-refractivity contribution is -0.144. The van der Waals surface area contributed by atoms with Gasteiger partial charge >= 0.3 is 12.1 Å². The number of oxime groups is 1. The molecule has 0 radical (unpaired) electrons. The van der Waals surface area contributed by atoms with Crippen molar-refractivity contribution in [2.45, 2.75) is 104 Å². The van der Waals surface area contributed by atoms with E-state index in [9.17, 15) is 18.0 Å². The van der Waals surface area contributed by atoms with Crippen LogP contribution in [0.2, 0.25) is 0 Å². The molecule has 7 heteroatoms. The van der Waals surface area contributed by atoms with Gasteiger partial charge in [-0.3, -0.25) is 4.79 Å². The number of halogens is 3. The number of aryl methyl sites for hydroxylation is 2. The van der Waals surface area contributed by atoms with Gasteiger partial charge < -0.3 is 9.94 Å². The first-order valence-electron chi connectivity index (χ1n) is 13.9. The van der Waals surface area contributed by atoms with Crippen molar-refractivity contribution in [1.82, 2.24) is 0 Å². The smallest absolute Gasteiger partial charge is 0.416 e. The number of hydrogen-bond donors (Lipinski definition) is 1. The second kappa shape index (κ2) is 13.8. The highest BCUT2D eigenvalue weighted by Crippen LogP contribution is 2.41. The van der Waals surface area contributed by atoms with Crippen molar-refractivity contribution in [2.24, 2.45) is 11.1 Å². The Bertz CT molecular complexity index is 1100. The third-order valence-corrected chi connectivity index (χ3v) is 7.74. The number of rotatable bonds is 8. The van der Waals surface area contributed by atoms with Crippen LogP contribution in [-0.2, 0) is 35.3 Å². The zero-order valence-corrected chi connectivity index (χ0v) is 22.7. The van der Waals surface area contributed by atoms with Gasteiger partial charge in [-0.1, -0.05) is 69.0 Å². The highest BCUT2D eigenvalue weighted by Gasteiger charge is 2.35. The van der Waals surface area contributed by atoms with Crippen molar-refractivity contribution in [1.29, 1.82) is 0 Å². The van der Waals surface area contributed by atoms with Crippen LogP contribution < -0.4 is 0 Å². The predicted octanol–water partition coefficient (Wildman–Crippen LogP) is 8.69. The van der Waals surface area contributed by atoms with E-state index in [1.54, 1.807) is 12.1 Å². The first kappa shape index (κ1) is 29.7. The van der Waals surface area contributed by atoms with Crippen LogP contribution in [0.15, 0.2) is 41.6 Å². The highest BCUT2D eigenvalue weighted by atomic mass is 19.4. The van der Waals surface area contributed by atoms with Crippen molar-refractivity contribution in [2.75, 3.05) is 0 Å². The van der Waals surface area contributed by atoms with Crippen molar-refractivity contribution in [3.63, 3.8) is 0 Å². The number of carbonyl (C=O) groups is 1. The molecule has 0 spiro atoms. The van der Waals surface area contributed by atoms with E-state index in [0.717, 1.165) is 69.8 Å². The monoisotopic (exact) mass is 531 g/mol. The van der Waals surface area contributed by atoms with Gasteiger partial charge in [-0.2, -0.15) is 13.2 Å². The molecule has 0 bridgehead atoms. The van der Waals surface area contributed by atoms with Crippen LogP contribution in [0.3, 0.4) is 0 Å². The minimum atomic E-state index is -4.36. The number of aliphatic carboxylic acids is 1. The molecule has 0 aromatic heterocycles. The molecule has 2 aliphatic rings. The summed E-state index contributed by atoms with van der Waals surface area (Å²) in [4.78, 5) is 15.4. The third kappa shape index (κ3) is 8.08. The second-order valence-corrected chi connectivity index (χ2v) is 10.4. The summed E-state index contributed by atoms with van der Waals surface area (Å²) in [5.74, 6) is -0.620. The molecule has 0 saturated heterocycles. The fourth-order valence-electron chi connectivity index (χ4n) is 5.14. The lowest BCUT2D eigenvalue weighted by Gasteiger charge is -2.25. The van der Waals surface area contributed by atoms with Gasteiger partial charge in [-0.15, -0.1) is 0 Å². The van der Waals surface area contributed by atoms with Crippen LogP contribution in [-0.4, -0.2) is 16.8 Å². The molecule has 4 rings (SSSR count). The largest absolute Gasteiger partial charge is 0.481 e. The highest BCUT2D eigenvalue weighted by molar-refractivity contribution is 5.98. The topological polar surface area (TPSA) is 58.9 Å². The second-order valence-electron chi connectivity index (χ2n) is 10.4. The molecule has 1 N–H and O–H groups in total. The number of nitrogens with zero attached hydrogens (tertiary/aromatic N) is 1. The molecule has 38 heavy (non-hydrogen) atoms. The van der Waals surface area contributed by atoms with Gasteiger partial charge in [0.05, 0.1) is 17.2 Å². The Labute approximate surface area is 224 Å². The van der Waals surface area contributed by atoms with Crippen molar-refractivity contribution < 1.29 is 27.9 Å².